The van der Waals surface area contributed by atoms with Crippen molar-refractivity contribution in [3.8, 4) is 11.5 Å². The quantitative estimate of drug-likeness (QED) is 0.863. The Labute approximate surface area is 130 Å². The summed E-state index contributed by atoms with van der Waals surface area (Å²) in [5.41, 5.74) is 0.924. The molecular formula is C14H20ClNO4S. The number of rotatable bonds is 6. The van der Waals surface area contributed by atoms with Crippen LogP contribution in [-0.2, 0) is 16.4 Å². The van der Waals surface area contributed by atoms with Gasteiger partial charge >= 0.3 is 0 Å². The van der Waals surface area contributed by atoms with E-state index in [0.29, 0.717) is 35.4 Å². The van der Waals surface area contributed by atoms with Crippen LogP contribution in [0.3, 0.4) is 0 Å². The number of hydrogen-bond acceptors (Lipinski definition) is 5. The highest BCUT2D eigenvalue weighted by atomic mass is 35.5. The Morgan fingerprint density at radius 2 is 2.10 bits per heavy atom. The Hall–Kier alpha value is -0.980. The highest BCUT2D eigenvalue weighted by Gasteiger charge is 2.30. The van der Waals surface area contributed by atoms with Crippen molar-refractivity contribution in [1.29, 1.82) is 0 Å². The molecule has 1 fully saturated rings. The summed E-state index contributed by atoms with van der Waals surface area (Å²) in [5, 5.41) is 3.39. The summed E-state index contributed by atoms with van der Waals surface area (Å²) < 4.78 is 33.9. The van der Waals surface area contributed by atoms with Gasteiger partial charge in [-0.3, -0.25) is 0 Å². The molecule has 0 spiro atoms. The molecule has 1 heterocycles. The second kappa shape index (κ2) is 6.85. The van der Waals surface area contributed by atoms with Crippen molar-refractivity contribution in [2.45, 2.75) is 24.6 Å². The third-order valence-electron chi connectivity index (χ3n) is 3.66. The summed E-state index contributed by atoms with van der Waals surface area (Å²) in [6.07, 6.45) is 1.50. The van der Waals surface area contributed by atoms with Gasteiger partial charge in [0.25, 0.3) is 0 Å². The number of halogens is 1. The second-order valence-corrected chi connectivity index (χ2v) is 7.88. The highest BCUT2D eigenvalue weighted by Crippen LogP contribution is 2.35. The van der Waals surface area contributed by atoms with Crippen LogP contribution >= 0.6 is 11.6 Å². The smallest absolute Gasteiger partial charge is 0.179 e. The van der Waals surface area contributed by atoms with Gasteiger partial charge in [0, 0.05) is 13.1 Å². The molecule has 1 aliphatic heterocycles. The zero-order valence-electron chi connectivity index (χ0n) is 12.2. The second-order valence-electron chi connectivity index (χ2n) is 5.08. The lowest BCUT2D eigenvalue weighted by Crippen LogP contribution is -2.30. The van der Waals surface area contributed by atoms with Crippen molar-refractivity contribution >= 4 is 21.4 Å². The Morgan fingerprint density at radius 1 is 1.33 bits per heavy atom. The molecule has 1 N–H and O–H groups in total. The molecule has 0 bridgehead atoms. The fourth-order valence-corrected chi connectivity index (χ4v) is 4.65. The van der Waals surface area contributed by atoms with Gasteiger partial charge in [0.15, 0.2) is 21.3 Å². The lowest BCUT2D eigenvalue weighted by atomic mass is 10.2. The van der Waals surface area contributed by atoms with Gasteiger partial charge in [-0.1, -0.05) is 11.6 Å². The molecule has 0 aliphatic carbocycles. The number of benzene rings is 1. The third-order valence-corrected chi connectivity index (χ3v) is 6.21. The Morgan fingerprint density at radius 3 is 2.67 bits per heavy atom. The molecular weight excluding hydrogens is 314 g/mol. The number of nitrogens with one attached hydrogen (secondary N) is 1. The zero-order chi connectivity index (χ0) is 15.5. The van der Waals surface area contributed by atoms with E-state index in [1.54, 1.807) is 13.2 Å². The summed E-state index contributed by atoms with van der Waals surface area (Å²) in [7, 11) is 0.180. The molecule has 21 heavy (non-hydrogen) atoms. The molecule has 1 atom stereocenters. The minimum Gasteiger partial charge on any atom is -0.493 e. The lowest BCUT2D eigenvalue weighted by Gasteiger charge is -2.14. The SMILES string of the molecule is COc1cc(CNCC2CCCS2(=O)=O)cc(Cl)c1OC. The van der Waals surface area contributed by atoms with E-state index >= 15 is 0 Å². The van der Waals surface area contributed by atoms with Crippen LogP contribution in [0, 0.1) is 0 Å². The zero-order valence-corrected chi connectivity index (χ0v) is 13.8. The van der Waals surface area contributed by atoms with E-state index in [9.17, 15) is 8.42 Å². The van der Waals surface area contributed by atoms with E-state index in [4.69, 9.17) is 21.1 Å². The molecule has 1 aromatic carbocycles. The predicted molar refractivity (Wildman–Crippen MR) is 83.1 cm³/mol. The van der Waals surface area contributed by atoms with Crippen molar-refractivity contribution < 1.29 is 17.9 Å². The van der Waals surface area contributed by atoms with Crippen LogP contribution in [0.2, 0.25) is 5.02 Å². The largest absolute Gasteiger partial charge is 0.493 e. The van der Waals surface area contributed by atoms with Crippen LogP contribution in [0.25, 0.3) is 0 Å². The van der Waals surface area contributed by atoms with Crippen LogP contribution in [0.1, 0.15) is 18.4 Å². The van der Waals surface area contributed by atoms with Crippen LogP contribution < -0.4 is 14.8 Å². The third kappa shape index (κ3) is 3.81. The van der Waals surface area contributed by atoms with Crippen molar-refractivity contribution in [2.24, 2.45) is 0 Å². The number of sulfone groups is 1. The molecule has 1 aromatic rings. The lowest BCUT2D eigenvalue weighted by molar-refractivity contribution is 0.354. The van der Waals surface area contributed by atoms with Crippen molar-refractivity contribution in [3.63, 3.8) is 0 Å². The van der Waals surface area contributed by atoms with Gasteiger partial charge in [0.2, 0.25) is 0 Å². The van der Waals surface area contributed by atoms with Gasteiger partial charge in [-0.2, -0.15) is 0 Å². The molecule has 0 saturated carbocycles. The van der Waals surface area contributed by atoms with Crippen LogP contribution in [0.5, 0.6) is 11.5 Å². The Balaban J connectivity index is 1.99. The van der Waals surface area contributed by atoms with Gasteiger partial charge in [-0.15, -0.1) is 0 Å². The molecule has 0 amide bonds. The van der Waals surface area contributed by atoms with E-state index in [2.05, 4.69) is 5.32 Å². The summed E-state index contributed by atoms with van der Waals surface area (Å²) in [6, 6.07) is 3.62. The first-order chi connectivity index (χ1) is 9.97. The van der Waals surface area contributed by atoms with Gasteiger partial charge in [0.1, 0.15) is 0 Å². The maximum absolute atomic E-state index is 11.7. The van der Waals surface area contributed by atoms with Gasteiger partial charge < -0.3 is 14.8 Å². The summed E-state index contributed by atoms with van der Waals surface area (Å²) in [4.78, 5) is 0. The first-order valence-corrected chi connectivity index (χ1v) is 8.90. The Kier molecular flexibility index (Phi) is 5.35. The molecule has 1 unspecified atom stereocenters. The maximum atomic E-state index is 11.7. The normalized spacial score (nSPS) is 20.4. The summed E-state index contributed by atoms with van der Waals surface area (Å²) in [6.45, 7) is 1.00. The minimum atomic E-state index is -2.91. The van der Waals surface area contributed by atoms with Crippen molar-refractivity contribution in [2.75, 3.05) is 26.5 Å². The molecule has 7 heteroatoms. The summed E-state index contributed by atoms with van der Waals surface area (Å²) >= 11 is 6.14. The first kappa shape index (κ1) is 16.4. The molecule has 2 rings (SSSR count). The average Bonchev–Trinajstić information content (AvgIpc) is 2.77. The standard InChI is InChI=1S/C14H20ClNO4S/c1-19-13-7-10(6-12(15)14(13)20-2)8-16-9-11-4-3-5-21(11,17)18/h6-7,11,16H,3-5,8-9H2,1-2H3. The van der Waals surface area contributed by atoms with Crippen LogP contribution in [0.15, 0.2) is 12.1 Å². The monoisotopic (exact) mass is 333 g/mol. The fourth-order valence-electron chi connectivity index (χ4n) is 2.54. The topological polar surface area (TPSA) is 64.6 Å². The minimum absolute atomic E-state index is 0.270. The maximum Gasteiger partial charge on any atom is 0.179 e. The van der Waals surface area contributed by atoms with E-state index in [1.165, 1.54) is 7.11 Å². The van der Waals surface area contributed by atoms with Crippen LogP contribution in [0.4, 0.5) is 0 Å². The average molecular weight is 334 g/mol. The van der Waals surface area contributed by atoms with Gasteiger partial charge in [-0.05, 0) is 30.5 Å². The molecule has 118 valence electrons. The molecule has 0 aromatic heterocycles. The molecule has 0 radical (unpaired) electrons. The number of ether oxygens (including phenoxy) is 2. The van der Waals surface area contributed by atoms with E-state index in [-0.39, 0.29) is 5.25 Å². The van der Waals surface area contributed by atoms with Gasteiger partial charge in [0.05, 0.1) is 30.2 Å². The van der Waals surface area contributed by atoms with Gasteiger partial charge in [-0.25, -0.2) is 8.42 Å². The Bertz CT molecular complexity index is 603. The molecule has 1 aliphatic rings. The number of methoxy groups -OCH3 is 2. The predicted octanol–water partition coefficient (Wildman–Crippen LogP) is 2.02. The van der Waals surface area contributed by atoms with E-state index in [0.717, 1.165) is 18.4 Å². The first-order valence-electron chi connectivity index (χ1n) is 6.80. The van der Waals surface area contributed by atoms with Crippen molar-refractivity contribution in [1.82, 2.24) is 5.32 Å². The van der Waals surface area contributed by atoms with E-state index in [1.807, 2.05) is 6.07 Å². The van der Waals surface area contributed by atoms with Crippen molar-refractivity contribution in [3.05, 3.63) is 22.7 Å². The van der Waals surface area contributed by atoms with Crippen LogP contribution in [-0.4, -0.2) is 40.2 Å². The number of hydrogen-bond donors (Lipinski definition) is 1. The molecule has 5 nitrogen and oxygen atoms in total. The van der Waals surface area contributed by atoms with E-state index < -0.39 is 9.84 Å². The molecule has 1 saturated heterocycles. The fraction of sp³-hybridized carbons (Fsp3) is 0.571. The summed E-state index contributed by atoms with van der Waals surface area (Å²) in [5.74, 6) is 1.37. The highest BCUT2D eigenvalue weighted by molar-refractivity contribution is 7.92.